The molecule has 7 heteroatoms. The number of benzene rings is 2. The molecule has 134 valence electrons. The average Bonchev–Trinajstić information content (AvgIpc) is 2.59. The van der Waals surface area contributed by atoms with Gasteiger partial charge in [-0.15, -0.1) is 0 Å². The highest BCUT2D eigenvalue weighted by atomic mass is 32.2. The van der Waals surface area contributed by atoms with Gasteiger partial charge in [-0.3, -0.25) is 0 Å². The van der Waals surface area contributed by atoms with Crippen LogP contribution >= 0.6 is 11.8 Å². The van der Waals surface area contributed by atoms with Crippen molar-refractivity contribution in [2.45, 2.75) is 17.1 Å². The first-order chi connectivity index (χ1) is 12.0. The van der Waals surface area contributed by atoms with E-state index >= 15 is 0 Å². The normalized spacial score (nSPS) is 10.6. The highest BCUT2D eigenvalue weighted by Gasteiger charge is 2.07. The number of halogens is 2. The molecule has 2 rings (SSSR count). The molecule has 0 aromatic heterocycles. The number of hydrogen-bond donors (Lipinski definition) is 2. The lowest BCUT2D eigenvalue weighted by atomic mass is 10.3. The number of urea groups is 1. The van der Waals surface area contributed by atoms with E-state index in [4.69, 9.17) is 0 Å². The van der Waals surface area contributed by atoms with Gasteiger partial charge in [-0.2, -0.15) is 8.78 Å². The van der Waals surface area contributed by atoms with Crippen LogP contribution in [0, 0.1) is 0 Å². The Morgan fingerprint density at radius 1 is 1.16 bits per heavy atom. The van der Waals surface area contributed by atoms with Gasteiger partial charge < -0.3 is 15.5 Å². The Balaban J connectivity index is 1.70. The molecule has 0 aliphatic rings. The van der Waals surface area contributed by atoms with E-state index in [2.05, 4.69) is 15.5 Å². The standard InChI is InChI=1S/C18H21F2N3OS/c1-23(15-8-3-2-4-9-15)12-6-11-21-18(24)22-14-7-5-10-16(13-14)25-17(19)20/h2-5,7-10,13,17H,6,11-12H2,1H3,(H2,21,22,24). The maximum atomic E-state index is 12.4. The van der Waals surface area contributed by atoms with Gasteiger partial charge in [-0.25, -0.2) is 4.79 Å². The van der Waals surface area contributed by atoms with Crippen molar-refractivity contribution >= 4 is 29.2 Å². The highest BCUT2D eigenvalue weighted by Crippen LogP contribution is 2.27. The summed E-state index contributed by atoms with van der Waals surface area (Å²) < 4.78 is 24.7. The molecule has 0 unspecified atom stereocenters. The summed E-state index contributed by atoms with van der Waals surface area (Å²) in [6.45, 7) is 1.33. The van der Waals surface area contributed by atoms with Crippen LogP contribution in [0.25, 0.3) is 0 Å². The number of nitrogens with zero attached hydrogens (tertiary/aromatic N) is 1. The number of carbonyl (C=O) groups is 1. The number of anilines is 2. The Morgan fingerprint density at radius 2 is 1.92 bits per heavy atom. The minimum absolute atomic E-state index is 0.346. The smallest absolute Gasteiger partial charge is 0.319 e. The number of rotatable bonds is 8. The maximum absolute atomic E-state index is 12.4. The Labute approximate surface area is 150 Å². The molecule has 0 aliphatic heterocycles. The number of amides is 2. The molecule has 0 atom stereocenters. The Bertz CT molecular complexity index is 670. The molecule has 4 nitrogen and oxygen atoms in total. The number of thioether (sulfide) groups is 1. The SMILES string of the molecule is CN(CCCNC(=O)Nc1cccc(SC(F)F)c1)c1ccccc1. The predicted molar refractivity (Wildman–Crippen MR) is 99.7 cm³/mol. The molecule has 0 fully saturated rings. The summed E-state index contributed by atoms with van der Waals surface area (Å²) in [5.41, 5.74) is 1.62. The van der Waals surface area contributed by atoms with Crippen molar-refractivity contribution in [3.63, 3.8) is 0 Å². The molecular weight excluding hydrogens is 344 g/mol. The van der Waals surface area contributed by atoms with Crippen LogP contribution in [0.15, 0.2) is 59.5 Å². The van der Waals surface area contributed by atoms with Crippen molar-refractivity contribution in [1.29, 1.82) is 0 Å². The van der Waals surface area contributed by atoms with E-state index in [1.165, 1.54) is 6.07 Å². The van der Waals surface area contributed by atoms with E-state index in [0.717, 1.165) is 18.7 Å². The van der Waals surface area contributed by atoms with Crippen LogP contribution in [0.3, 0.4) is 0 Å². The average molecular weight is 365 g/mol. The van der Waals surface area contributed by atoms with Gasteiger partial charge in [0.25, 0.3) is 5.76 Å². The molecular formula is C18H21F2N3OS. The number of para-hydroxylation sites is 1. The quantitative estimate of drug-likeness (QED) is 0.529. The zero-order valence-corrected chi connectivity index (χ0v) is 14.7. The zero-order valence-electron chi connectivity index (χ0n) is 13.9. The van der Waals surface area contributed by atoms with Gasteiger partial charge in [0, 0.05) is 36.4 Å². The van der Waals surface area contributed by atoms with E-state index in [9.17, 15) is 13.6 Å². The van der Waals surface area contributed by atoms with E-state index in [1.54, 1.807) is 18.2 Å². The van der Waals surface area contributed by atoms with Gasteiger partial charge >= 0.3 is 6.03 Å². The first kappa shape index (κ1) is 19.1. The first-order valence-corrected chi connectivity index (χ1v) is 8.78. The number of carbonyl (C=O) groups excluding carboxylic acids is 1. The fraction of sp³-hybridized carbons (Fsp3) is 0.278. The Morgan fingerprint density at radius 3 is 2.64 bits per heavy atom. The third-order valence-corrected chi connectivity index (χ3v) is 4.17. The topological polar surface area (TPSA) is 44.4 Å². The molecule has 2 aromatic rings. The molecule has 0 saturated heterocycles. The number of nitrogens with one attached hydrogen (secondary N) is 2. The van der Waals surface area contributed by atoms with Crippen LogP contribution in [-0.2, 0) is 0 Å². The van der Waals surface area contributed by atoms with Gasteiger partial charge in [-0.1, -0.05) is 36.0 Å². The Hall–Kier alpha value is -2.28. The number of alkyl halides is 2. The summed E-state index contributed by atoms with van der Waals surface area (Å²) in [7, 11) is 2.00. The predicted octanol–water partition coefficient (Wildman–Crippen LogP) is 4.65. The lowest BCUT2D eigenvalue weighted by Crippen LogP contribution is -2.31. The van der Waals surface area contributed by atoms with Gasteiger partial charge in [0.1, 0.15) is 0 Å². The van der Waals surface area contributed by atoms with Crippen LogP contribution in [0.5, 0.6) is 0 Å². The van der Waals surface area contributed by atoms with Gasteiger partial charge in [0.15, 0.2) is 0 Å². The molecule has 0 spiro atoms. The second-order valence-corrected chi connectivity index (χ2v) is 6.46. The highest BCUT2D eigenvalue weighted by molar-refractivity contribution is 7.99. The molecule has 2 amide bonds. The van der Waals surface area contributed by atoms with Crippen molar-refractivity contribution in [3.8, 4) is 0 Å². The summed E-state index contributed by atoms with van der Waals surface area (Å²) in [6, 6.07) is 16.1. The third kappa shape index (κ3) is 7.01. The first-order valence-electron chi connectivity index (χ1n) is 7.90. The van der Waals surface area contributed by atoms with E-state index < -0.39 is 5.76 Å². The monoisotopic (exact) mass is 365 g/mol. The van der Waals surface area contributed by atoms with Crippen LogP contribution in [0.2, 0.25) is 0 Å². The second-order valence-electron chi connectivity index (χ2n) is 5.40. The van der Waals surface area contributed by atoms with E-state index in [1.807, 2.05) is 37.4 Å². The largest absolute Gasteiger partial charge is 0.375 e. The van der Waals surface area contributed by atoms with Gasteiger partial charge in [0.05, 0.1) is 0 Å². The lowest BCUT2D eigenvalue weighted by molar-refractivity contribution is 0.251. The van der Waals surface area contributed by atoms with E-state index in [0.29, 0.717) is 28.9 Å². The summed E-state index contributed by atoms with van der Waals surface area (Å²) in [4.78, 5) is 14.4. The minimum Gasteiger partial charge on any atom is -0.375 e. The summed E-state index contributed by atoms with van der Waals surface area (Å²) >= 11 is 0.452. The lowest BCUT2D eigenvalue weighted by Gasteiger charge is -2.19. The molecule has 0 radical (unpaired) electrons. The Kier molecular flexibility index (Phi) is 7.53. The second kappa shape index (κ2) is 9.88. The van der Waals surface area contributed by atoms with Crippen LogP contribution < -0.4 is 15.5 Å². The minimum atomic E-state index is -2.48. The van der Waals surface area contributed by atoms with Crippen molar-refractivity contribution in [1.82, 2.24) is 5.32 Å². The van der Waals surface area contributed by atoms with E-state index in [-0.39, 0.29) is 6.03 Å². The summed E-state index contributed by atoms with van der Waals surface area (Å²) in [5.74, 6) is -2.48. The fourth-order valence-corrected chi connectivity index (χ4v) is 2.81. The zero-order chi connectivity index (χ0) is 18.1. The molecule has 2 aromatic carbocycles. The molecule has 0 aliphatic carbocycles. The van der Waals surface area contributed by atoms with Crippen molar-refractivity contribution in [2.24, 2.45) is 0 Å². The molecule has 2 N–H and O–H groups in total. The number of hydrogen-bond acceptors (Lipinski definition) is 3. The fourth-order valence-electron chi connectivity index (χ4n) is 2.26. The van der Waals surface area contributed by atoms with Crippen LogP contribution in [-0.4, -0.2) is 31.9 Å². The van der Waals surface area contributed by atoms with Crippen molar-refractivity contribution < 1.29 is 13.6 Å². The summed E-state index contributed by atoms with van der Waals surface area (Å²) in [6.07, 6.45) is 0.792. The van der Waals surface area contributed by atoms with Gasteiger partial charge in [0.2, 0.25) is 0 Å². The van der Waals surface area contributed by atoms with Crippen molar-refractivity contribution in [2.75, 3.05) is 30.4 Å². The molecule has 0 bridgehead atoms. The third-order valence-electron chi connectivity index (χ3n) is 3.47. The van der Waals surface area contributed by atoms with Gasteiger partial charge in [-0.05, 0) is 36.8 Å². The van der Waals surface area contributed by atoms with Crippen molar-refractivity contribution in [3.05, 3.63) is 54.6 Å². The van der Waals surface area contributed by atoms with Crippen LogP contribution in [0.4, 0.5) is 25.0 Å². The maximum Gasteiger partial charge on any atom is 0.319 e. The molecule has 0 saturated carbocycles. The van der Waals surface area contributed by atoms with Crippen LogP contribution in [0.1, 0.15) is 6.42 Å². The summed E-state index contributed by atoms with van der Waals surface area (Å²) in [5, 5.41) is 5.42. The molecule has 0 heterocycles. The molecule has 25 heavy (non-hydrogen) atoms.